The van der Waals surface area contributed by atoms with Crippen molar-refractivity contribution in [1.29, 1.82) is 0 Å². The Balaban J connectivity index is 1.64. The summed E-state index contributed by atoms with van der Waals surface area (Å²) >= 11 is 0. The molecule has 2 aromatic carbocycles. The molecule has 1 heterocycles. The molecule has 3 rings (SSSR count). The van der Waals surface area contributed by atoms with Gasteiger partial charge >= 0.3 is 5.91 Å². The SMILES string of the molecule is Cc1ccc(CNC(=O)c2ccnc(C(=O)[NH+]([O-])Cc3ccc(C)cc3)c2)cc1. The van der Waals surface area contributed by atoms with Gasteiger partial charge in [-0.05, 0) is 31.5 Å². The summed E-state index contributed by atoms with van der Waals surface area (Å²) < 4.78 is 0. The Morgan fingerprint density at radius 2 is 1.52 bits per heavy atom. The van der Waals surface area contributed by atoms with Gasteiger partial charge in [0, 0.05) is 23.9 Å². The topological polar surface area (TPSA) is 86.6 Å². The van der Waals surface area contributed by atoms with Crippen molar-refractivity contribution in [3.8, 4) is 0 Å². The molecule has 6 heteroatoms. The minimum atomic E-state index is -0.696. The fraction of sp³-hybridized carbons (Fsp3) is 0.174. The largest absolute Gasteiger partial charge is 0.626 e. The highest BCUT2D eigenvalue weighted by Crippen LogP contribution is 2.06. The van der Waals surface area contributed by atoms with Crippen LogP contribution in [0.5, 0.6) is 0 Å². The number of aromatic nitrogens is 1. The van der Waals surface area contributed by atoms with Crippen molar-refractivity contribution in [2.75, 3.05) is 0 Å². The van der Waals surface area contributed by atoms with E-state index in [-0.39, 0.29) is 18.1 Å². The average Bonchev–Trinajstić information content (AvgIpc) is 2.74. The lowest BCUT2D eigenvalue weighted by atomic mass is 10.1. The van der Waals surface area contributed by atoms with Gasteiger partial charge in [0.15, 0.2) is 5.69 Å². The minimum Gasteiger partial charge on any atom is -0.626 e. The van der Waals surface area contributed by atoms with E-state index in [1.165, 1.54) is 18.3 Å². The van der Waals surface area contributed by atoms with Crippen LogP contribution in [0.2, 0.25) is 0 Å². The van der Waals surface area contributed by atoms with Crippen molar-refractivity contribution in [2.45, 2.75) is 26.9 Å². The van der Waals surface area contributed by atoms with Crippen LogP contribution in [0.3, 0.4) is 0 Å². The first-order valence-corrected chi connectivity index (χ1v) is 9.35. The molecule has 0 aliphatic heterocycles. The maximum absolute atomic E-state index is 12.5. The second-order valence-electron chi connectivity index (χ2n) is 7.01. The van der Waals surface area contributed by atoms with Crippen LogP contribution in [-0.2, 0) is 13.1 Å². The zero-order valence-corrected chi connectivity index (χ0v) is 16.4. The Morgan fingerprint density at radius 1 is 0.931 bits per heavy atom. The number of hydrogen-bond donors (Lipinski definition) is 2. The monoisotopic (exact) mass is 389 g/mol. The number of nitrogens with zero attached hydrogens (tertiary/aromatic N) is 1. The summed E-state index contributed by atoms with van der Waals surface area (Å²) in [4.78, 5) is 28.9. The van der Waals surface area contributed by atoms with Crippen molar-refractivity contribution in [3.05, 3.63) is 106 Å². The summed E-state index contributed by atoms with van der Waals surface area (Å²) in [6.07, 6.45) is 1.37. The number of carbonyl (C=O) groups excluding carboxylic acids is 2. The van der Waals surface area contributed by atoms with E-state index in [1.54, 1.807) is 0 Å². The third-order valence-electron chi connectivity index (χ3n) is 4.57. The van der Waals surface area contributed by atoms with Crippen molar-refractivity contribution in [1.82, 2.24) is 10.3 Å². The summed E-state index contributed by atoms with van der Waals surface area (Å²) in [6, 6.07) is 18.2. The van der Waals surface area contributed by atoms with E-state index in [0.717, 1.165) is 22.3 Å². The zero-order chi connectivity index (χ0) is 20.8. The molecule has 0 saturated heterocycles. The molecule has 0 radical (unpaired) electrons. The first-order chi connectivity index (χ1) is 13.9. The predicted molar refractivity (Wildman–Crippen MR) is 110 cm³/mol. The van der Waals surface area contributed by atoms with Gasteiger partial charge in [0.25, 0.3) is 5.91 Å². The summed E-state index contributed by atoms with van der Waals surface area (Å²) in [5.41, 5.74) is 4.23. The van der Waals surface area contributed by atoms with Gasteiger partial charge in [-0.3, -0.25) is 9.86 Å². The molecule has 6 nitrogen and oxygen atoms in total. The lowest BCUT2D eigenvalue weighted by Crippen LogP contribution is -3.08. The number of aryl methyl sites for hydroxylation is 2. The van der Waals surface area contributed by atoms with Crippen LogP contribution in [-0.4, -0.2) is 16.8 Å². The number of nitrogens with one attached hydrogen (secondary N) is 2. The van der Waals surface area contributed by atoms with Gasteiger partial charge in [-0.15, -0.1) is 0 Å². The molecular weight excluding hydrogens is 366 g/mol. The predicted octanol–water partition coefficient (Wildman–Crippen LogP) is 2.35. The normalized spacial score (nSPS) is 11.7. The average molecular weight is 389 g/mol. The van der Waals surface area contributed by atoms with Crippen LogP contribution in [0, 0.1) is 19.1 Å². The zero-order valence-electron chi connectivity index (χ0n) is 16.4. The van der Waals surface area contributed by atoms with Gasteiger partial charge in [-0.25, -0.2) is 9.78 Å². The molecule has 1 unspecified atom stereocenters. The van der Waals surface area contributed by atoms with Crippen LogP contribution in [0.15, 0.2) is 66.9 Å². The Morgan fingerprint density at radius 3 is 2.14 bits per heavy atom. The highest BCUT2D eigenvalue weighted by Gasteiger charge is 2.18. The fourth-order valence-corrected chi connectivity index (χ4v) is 2.80. The van der Waals surface area contributed by atoms with Crippen LogP contribution in [0.4, 0.5) is 0 Å². The van der Waals surface area contributed by atoms with E-state index in [0.29, 0.717) is 12.1 Å². The number of pyridine rings is 1. The minimum absolute atomic E-state index is 0.00460. The van der Waals surface area contributed by atoms with Gasteiger partial charge in [0.1, 0.15) is 6.54 Å². The maximum Gasteiger partial charge on any atom is 0.362 e. The summed E-state index contributed by atoms with van der Waals surface area (Å²) in [6.45, 7) is 4.33. The van der Waals surface area contributed by atoms with E-state index < -0.39 is 11.0 Å². The molecule has 0 saturated carbocycles. The number of carbonyl (C=O) groups is 2. The quantitative estimate of drug-likeness (QED) is 0.634. The van der Waals surface area contributed by atoms with E-state index in [4.69, 9.17) is 0 Å². The first-order valence-electron chi connectivity index (χ1n) is 9.35. The molecule has 0 fully saturated rings. The molecule has 148 valence electrons. The second kappa shape index (κ2) is 9.23. The first kappa shape index (κ1) is 20.4. The molecule has 2 N–H and O–H groups in total. The number of quaternary nitrogens is 1. The molecule has 0 aliphatic rings. The van der Waals surface area contributed by atoms with Crippen LogP contribution < -0.4 is 10.4 Å². The van der Waals surface area contributed by atoms with E-state index in [1.807, 2.05) is 62.4 Å². The summed E-state index contributed by atoms with van der Waals surface area (Å²) in [7, 11) is 0. The molecule has 1 atom stereocenters. The Hall–Kier alpha value is -3.35. The molecule has 29 heavy (non-hydrogen) atoms. The van der Waals surface area contributed by atoms with Gasteiger partial charge in [-0.1, -0.05) is 59.7 Å². The number of rotatable bonds is 6. The van der Waals surface area contributed by atoms with E-state index >= 15 is 0 Å². The van der Waals surface area contributed by atoms with Gasteiger partial charge in [0.05, 0.1) is 0 Å². The molecule has 3 aromatic rings. The maximum atomic E-state index is 12.5. The summed E-state index contributed by atoms with van der Waals surface area (Å²) in [5, 5.41) is 14.6. The van der Waals surface area contributed by atoms with Crippen LogP contribution in [0.25, 0.3) is 0 Å². The second-order valence-corrected chi connectivity index (χ2v) is 7.01. The Bertz CT molecular complexity index is 999. The Labute approximate surface area is 169 Å². The molecular formula is C23H23N3O3. The van der Waals surface area contributed by atoms with Gasteiger partial charge < -0.3 is 10.5 Å². The smallest absolute Gasteiger partial charge is 0.362 e. The third-order valence-corrected chi connectivity index (χ3v) is 4.57. The van der Waals surface area contributed by atoms with Crippen LogP contribution in [0.1, 0.15) is 43.1 Å². The number of benzene rings is 2. The van der Waals surface area contributed by atoms with Gasteiger partial charge in [0.2, 0.25) is 0 Å². The number of amides is 2. The van der Waals surface area contributed by atoms with Gasteiger partial charge in [-0.2, -0.15) is 0 Å². The lowest BCUT2D eigenvalue weighted by molar-refractivity contribution is -0.773. The molecule has 0 spiro atoms. The van der Waals surface area contributed by atoms with Crippen LogP contribution >= 0.6 is 0 Å². The number of hydrogen-bond acceptors (Lipinski definition) is 4. The van der Waals surface area contributed by atoms with Crippen molar-refractivity contribution < 1.29 is 14.7 Å². The van der Waals surface area contributed by atoms with E-state index in [2.05, 4.69) is 10.3 Å². The van der Waals surface area contributed by atoms with Crippen molar-refractivity contribution in [2.24, 2.45) is 0 Å². The highest BCUT2D eigenvalue weighted by molar-refractivity contribution is 5.96. The van der Waals surface area contributed by atoms with Crippen molar-refractivity contribution in [3.63, 3.8) is 0 Å². The number of hydroxylamine groups is 2. The summed E-state index contributed by atoms with van der Waals surface area (Å²) in [5.74, 6) is -1.02. The van der Waals surface area contributed by atoms with E-state index in [9.17, 15) is 14.8 Å². The highest BCUT2D eigenvalue weighted by atomic mass is 16.5. The third kappa shape index (κ3) is 5.57. The standard InChI is InChI=1S/C23H23N3O3/c1-16-3-7-18(8-4-16)14-25-22(27)20-11-12-24-21(13-20)23(28)26(29)15-19-9-5-17(2)6-10-19/h3-13,26H,14-15H2,1-2H3,(H,25,27). The molecule has 0 bridgehead atoms. The molecule has 2 amide bonds. The van der Waals surface area contributed by atoms with Crippen molar-refractivity contribution >= 4 is 11.8 Å². The Kier molecular flexibility index (Phi) is 6.49. The molecule has 0 aliphatic carbocycles. The lowest BCUT2D eigenvalue weighted by Gasteiger charge is -2.19. The molecule has 1 aromatic heterocycles. The fourth-order valence-electron chi connectivity index (χ4n) is 2.80.